The SMILES string of the molecule is CN=CC(=CN)c1ccc(N/C=C(\C)C(=O)c2c(F)ccc(NS(=O)(=O)c3cccc(F)c3)c2F)nc1. The van der Waals surface area contributed by atoms with Crippen LogP contribution in [0.4, 0.5) is 24.7 Å². The number of sulfonamides is 1. The predicted molar refractivity (Wildman–Crippen MR) is 136 cm³/mol. The molecule has 3 rings (SSSR count). The van der Waals surface area contributed by atoms with Crippen LogP contribution in [0.3, 0.4) is 0 Å². The first-order valence-electron chi connectivity index (χ1n) is 10.6. The van der Waals surface area contributed by atoms with Crippen molar-refractivity contribution in [1.29, 1.82) is 0 Å². The summed E-state index contributed by atoms with van der Waals surface area (Å²) in [4.78, 5) is 20.4. The molecule has 192 valence electrons. The van der Waals surface area contributed by atoms with Gasteiger partial charge in [0.2, 0.25) is 0 Å². The molecule has 0 radical (unpaired) electrons. The molecule has 0 bridgehead atoms. The first-order chi connectivity index (χ1) is 17.6. The molecule has 8 nitrogen and oxygen atoms in total. The van der Waals surface area contributed by atoms with E-state index < -0.39 is 49.4 Å². The number of halogens is 3. The normalized spacial score (nSPS) is 12.6. The van der Waals surface area contributed by atoms with Crippen LogP contribution < -0.4 is 15.8 Å². The van der Waals surface area contributed by atoms with Crippen LogP contribution in [-0.2, 0) is 10.0 Å². The number of rotatable bonds is 9. The Balaban J connectivity index is 1.83. The molecule has 0 amide bonds. The number of aliphatic imine (C=N–C) groups is 1. The summed E-state index contributed by atoms with van der Waals surface area (Å²) >= 11 is 0. The number of nitrogens with zero attached hydrogens (tertiary/aromatic N) is 2. The third-order valence-electron chi connectivity index (χ3n) is 5.01. The van der Waals surface area contributed by atoms with E-state index in [2.05, 4.69) is 15.3 Å². The fourth-order valence-electron chi connectivity index (χ4n) is 3.13. The van der Waals surface area contributed by atoms with E-state index in [1.165, 1.54) is 25.5 Å². The van der Waals surface area contributed by atoms with E-state index in [4.69, 9.17) is 5.73 Å². The number of allylic oxidation sites excluding steroid dienone is 2. The van der Waals surface area contributed by atoms with E-state index >= 15 is 4.39 Å². The number of Topliss-reactive ketones (excluding diaryl/α,β-unsaturated/α-hetero) is 1. The number of hydrogen-bond donors (Lipinski definition) is 3. The maximum atomic E-state index is 15.1. The van der Waals surface area contributed by atoms with Gasteiger partial charge in [-0.15, -0.1) is 0 Å². The first-order valence-corrected chi connectivity index (χ1v) is 12.1. The highest BCUT2D eigenvalue weighted by atomic mass is 32.2. The lowest BCUT2D eigenvalue weighted by molar-refractivity contribution is 0.102. The van der Waals surface area contributed by atoms with Crippen LogP contribution in [0.2, 0.25) is 0 Å². The smallest absolute Gasteiger partial charge is 0.262 e. The van der Waals surface area contributed by atoms with Crippen LogP contribution in [0.5, 0.6) is 0 Å². The van der Waals surface area contributed by atoms with Gasteiger partial charge in [0.25, 0.3) is 10.0 Å². The predicted octanol–water partition coefficient (Wildman–Crippen LogP) is 4.50. The Bertz CT molecular complexity index is 1520. The highest BCUT2D eigenvalue weighted by Crippen LogP contribution is 2.26. The number of aromatic nitrogens is 1. The molecule has 2 aromatic carbocycles. The summed E-state index contributed by atoms with van der Waals surface area (Å²) in [6.07, 6.45) is 5.65. The average molecular weight is 530 g/mol. The summed E-state index contributed by atoms with van der Waals surface area (Å²) in [5.41, 5.74) is 5.17. The van der Waals surface area contributed by atoms with Crippen LogP contribution in [0.1, 0.15) is 22.8 Å². The van der Waals surface area contributed by atoms with E-state index in [1.54, 1.807) is 25.4 Å². The van der Waals surface area contributed by atoms with E-state index in [9.17, 15) is 22.0 Å². The number of nitrogens with one attached hydrogen (secondary N) is 2. The topological polar surface area (TPSA) is 127 Å². The van der Waals surface area contributed by atoms with E-state index in [-0.39, 0.29) is 5.57 Å². The third-order valence-corrected chi connectivity index (χ3v) is 6.37. The Morgan fingerprint density at radius 1 is 1.11 bits per heavy atom. The van der Waals surface area contributed by atoms with Crippen molar-refractivity contribution in [2.24, 2.45) is 10.7 Å². The zero-order chi connectivity index (χ0) is 27.2. The summed E-state index contributed by atoms with van der Waals surface area (Å²) in [5.74, 6) is -4.12. The van der Waals surface area contributed by atoms with Gasteiger partial charge in [-0.2, -0.15) is 0 Å². The number of carbonyl (C=O) groups excluding carboxylic acids is 1. The summed E-state index contributed by atoms with van der Waals surface area (Å²) in [7, 11) is -2.82. The maximum Gasteiger partial charge on any atom is 0.262 e. The second-order valence-corrected chi connectivity index (χ2v) is 9.27. The first kappa shape index (κ1) is 27.1. The number of nitrogens with two attached hydrogens (primary N) is 1. The van der Waals surface area contributed by atoms with Crippen LogP contribution in [0.15, 0.2) is 82.6 Å². The molecule has 4 N–H and O–H groups in total. The molecular formula is C25H22F3N5O3S. The summed E-state index contributed by atoms with van der Waals surface area (Å²) in [6, 6.07) is 8.92. The molecular weight excluding hydrogens is 507 g/mol. The largest absolute Gasteiger partial charge is 0.404 e. The Hall–Kier alpha value is -4.45. The van der Waals surface area contributed by atoms with Crippen molar-refractivity contribution in [2.45, 2.75) is 11.8 Å². The molecule has 0 saturated heterocycles. The molecule has 0 aliphatic rings. The van der Waals surface area contributed by atoms with Gasteiger partial charge in [0.15, 0.2) is 11.6 Å². The van der Waals surface area contributed by atoms with Gasteiger partial charge in [0, 0.05) is 48.6 Å². The van der Waals surface area contributed by atoms with Crippen LogP contribution >= 0.6 is 0 Å². The van der Waals surface area contributed by atoms with Gasteiger partial charge < -0.3 is 11.1 Å². The van der Waals surface area contributed by atoms with Gasteiger partial charge in [-0.25, -0.2) is 26.6 Å². The molecule has 3 aromatic rings. The molecule has 0 spiro atoms. The minimum atomic E-state index is -4.41. The zero-order valence-corrected chi connectivity index (χ0v) is 20.5. The van der Waals surface area contributed by atoms with Crippen molar-refractivity contribution < 1.29 is 26.4 Å². The zero-order valence-electron chi connectivity index (χ0n) is 19.7. The van der Waals surface area contributed by atoms with Crippen LogP contribution in [-0.4, -0.2) is 32.4 Å². The van der Waals surface area contributed by atoms with E-state index in [0.29, 0.717) is 17.0 Å². The van der Waals surface area contributed by atoms with Gasteiger partial charge in [-0.3, -0.25) is 14.5 Å². The van der Waals surface area contributed by atoms with Crippen molar-refractivity contribution in [2.75, 3.05) is 17.1 Å². The van der Waals surface area contributed by atoms with Gasteiger partial charge >= 0.3 is 0 Å². The number of benzene rings is 2. The highest BCUT2D eigenvalue weighted by molar-refractivity contribution is 7.92. The molecule has 12 heteroatoms. The molecule has 0 fully saturated rings. The molecule has 0 saturated carbocycles. The molecule has 37 heavy (non-hydrogen) atoms. The van der Waals surface area contributed by atoms with Crippen molar-refractivity contribution in [3.8, 4) is 0 Å². The lowest BCUT2D eigenvalue weighted by Gasteiger charge is -2.12. The van der Waals surface area contributed by atoms with Crippen molar-refractivity contribution in [3.63, 3.8) is 0 Å². The standard InChI is InChI=1S/C25H22F3N5O3S/c1-15(12-31-22-9-6-16(14-32-22)17(11-29)13-30-2)25(34)23-20(27)7-8-21(24(23)28)33-37(35,36)19-5-3-4-18(26)10-19/h3-14,33H,29H2,1-2H3,(H,31,32)/b15-12+,17-11?,30-13?. The number of anilines is 2. The fraction of sp³-hybridized carbons (Fsp3) is 0.0800. The van der Waals surface area contributed by atoms with E-state index in [1.807, 2.05) is 4.72 Å². The number of ketones is 1. The summed E-state index contributed by atoms with van der Waals surface area (Å²) < 4.78 is 69.9. The second kappa shape index (κ2) is 11.5. The van der Waals surface area contributed by atoms with Crippen molar-refractivity contribution >= 4 is 39.1 Å². The number of pyridine rings is 1. The number of hydrogen-bond acceptors (Lipinski definition) is 7. The lowest BCUT2D eigenvalue weighted by atomic mass is 10.0. The van der Waals surface area contributed by atoms with E-state index in [0.717, 1.165) is 36.4 Å². The molecule has 0 aliphatic heterocycles. The van der Waals surface area contributed by atoms with Crippen LogP contribution in [0, 0.1) is 17.5 Å². The minimum absolute atomic E-state index is 0.0885. The third kappa shape index (κ3) is 6.41. The summed E-state index contributed by atoms with van der Waals surface area (Å²) in [5, 5.41) is 2.76. The molecule has 1 aromatic heterocycles. The van der Waals surface area contributed by atoms with Crippen molar-refractivity contribution in [1.82, 2.24) is 4.98 Å². The van der Waals surface area contributed by atoms with Crippen LogP contribution in [0.25, 0.3) is 5.57 Å². The highest BCUT2D eigenvalue weighted by Gasteiger charge is 2.24. The number of carbonyl (C=O) groups is 1. The Kier molecular flexibility index (Phi) is 8.45. The monoisotopic (exact) mass is 529 g/mol. The maximum absolute atomic E-state index is 15.1. The average Bonchev–Trinajstić information content (AvgIpc) is 2.88. The molecule has 0 unspecified atom stereocenters. The van der Waals surface area contributed by atoms with Gasteiger partial charge in [-0.05, 0) is 49.4 Å². The minimum Gasteiger partial charge on any atom is -0.404 e. The molecule has 0 aliphatic carbocycles. The second-order valence-electron chi connectivity index (χ2n) is 7.59. The van der Waals surface area contributed by atoms with Gasteiger partial charge in [-0.1, -0.05) is 6.07 Å². The molecule has 0 atom stereocenters. The molecule has 1 heterocycles. The van der Waals surface area contributed by atoms with Gasteiger partial charge in [0.05, 0.1) is 16.1 Å². The van der Waals surface area contributed by atoms with Gasteiger partial charge in [0.1, 0.15) is 17.5 Å². The lowest BCUT2D eigenvalue weighted by Crippen LogP contribution is -2.17. The Labute approximate surface area is 211 Å². The Morgan fingerprint density at radius 3 is 2.49 bits per heavy atom. The fourth-order valence-corrected chi connectivity index (χ4v) is 4.22. The van der Waals surface area contributed by atoms with Crippen molar-refractivity contribution in [3.05, 3.63) is 101 Å². The summed E-state index contributed by atoms with van der Waals surface area (Å²) in [6.45, 7) is 1.32. The Morgan fingerprint density at radius 2 is 1.86 bits per heavy atom. The quantitative estimate of drug-likeness (QED) is 0.213.